The van der Waals surface area contributed by atoms with Gasteiger partial charge in [-0.1, -0.05) is 12.3 Å². The Hall–Kier alpha value is -0.520. The summed E-state index contributed by atoms with van der Waals surface area (Å²) < 4.78 is 0. The minimum Gasteiger partial charge on any atom is -0.376 e. The van der Waals surface area contributed by atoms with E-state index in [4.69, 9.17) is 12.2 Å². The second kappa shape index (κ2) is 2.61. The zero-order chi connectivity index (χ0) is 7.61. The summed E-state index contributed by atoms with van der Waals surface area (Å²) in [6, 6.07) is -0.216. The molecule has 56 valence electrons. The summed E-state index contributed by atoms with van der Waals surface area (Å²) >= 11 is 0. The van der Waals surface area contributed by atoms with Gasteiger partial charge in [0.2, 0.25) is 0 Å². The molecule has 2 unspecified atom stereocenters. The van der Waals surface area contributed by atoms with Gasteiger partial charge in [-0.05, 0) is 19.3 Å². The zero-order valence-corrected chi connectivity index (χ0v) is 6.01. The minimum atomic E-state index is -1.02. The lowest BCUT2D eigenvalue weighted by Gasteiger charge is -2.33. The van der Waals surface area contributed by atoms with E-state index in [9.17, 15) is 5.11 Å². The second-order valence-electron chi connectivity index (χ2n) is 2.92. The van der Waals surface area contributed by atoms with Gasteiger partial charge in [-0.2, -0.15) is 0 Å². The molecule has 3 N–H and O–H groups in total. The fraction of sp³-hybridized carbons (Fsp3) is 0.750. The molecule has 1 saturated carbocycles. The van der Waals surface area contributed by atoms with Crippen molar-refractivity contribution in [3.63, 3.8) is 0 Å². The Labute approximate surface area is 61.4 Å². The lowest BCUT2D eigenvalue weighted by Crippen LogP contribution is -2.49. The maximum absolute atomic E-state index is 9.59. The first kappa shape index (κ1) is 7.59. The maximum atomic E-state index is 9.59. The highest BCUT2D eigenvalue weighted by Gasteiger charge is 2.34. The van der Waals surface area contributed by atoms with Gasteiger partial charge >= 0.3 is 0 Å². The van der Waals surface area contributed by atoms with Crippen LogP contribution in [0.4, 0.5) is 0 Å². The van der Waals surface area contributed by atoms with Gasteiger partial charge < -0.3 is 10.8 Å². The summed E-state index contributed by atoms with van der Waals surface area (Å²) in [6.45, 7) is 0. The van der Waals surface area contributed by atoms with Gasteiger partial charge in [-0.3, -0.25) is 0 Å². The zero-order valence-electron chi connectivity index (χ0n) is 6.01. The molecule has 0 saturated heterocycles. The monoisotopic (exact) mass is 139 g/mol. The first-order valence-electron chi connectivity index (χ1n) is 3.65. The number of rotatable bonds is 0. The number of hydrogen-bond acceptors (Lipinski definition) is 2. The first-order valence-corrected chi connectivity index (χ1v) is 3.65. The van der Waals surface area contributed by atoms with Gasteiger partial charge in [-0.15, -0.1) is 6.42 Å². The maximum Gasteiger partial charge on any atom is 0.140 e. The fourth-order valence-corrected chi connectivity index (χ4v) is 1.36. The van der Waals surface area contributed by atoms with Gasteiger partial charge in [-0.25, -0.2) is 0 Å². The van der Waals surface area contributed by atoms with Crippen molar-refractivity contribution in [1.29, 1.82) is 0 Å². The van der Waals surface area contributed by atoms with Gasteiger partial charge in [0.25, 0.3) is 0 Å². The van der Waals surface area contributed by atoms with Crippen LogP contribution in [0, 0.1) is 12.3 Å². The average Bonchev–Trinajstić information content (AvgIpc) is 1.96. The first-order chi connectivity index (χ1) is 4.69. The van der Waals surface area contributed by atoms with Crippen LogP contribution in [0.25, 0.3) is 0 Å². The van der Waals surface area contributed by atoms with Crippen molar-refractivity contribution in [1.82, 2.24) is 0 Å². The summed E-state index contributed by atoms with van der Waals surface area (Å²) in [5.74, 6) is 2.36. The third kappa shape index (κ3) is 1.16. The van der Waals surface area contributed by atoms with E-state index < -0.39 is 5.60 Å². The molecule has 10 heavy (non-hydrogen) atoms. The predicted molar refractivity (Wildman–Crippen MR) is 40.2 cm³/mol. The number of hydrogen-bond donors (Lipinski definition) is 2. The van der Waals surface area contributed by atoms with Crippen LogP contribution in [0.2, 0.25) is 0 Å². The van der Waals surface area contributed by atoms with Crippen LogP contribution < -0.4 is 5.73 Å². The van der Waals surface area contributed by atoms with Gasteiger partial charge in [0.05, 0.1) is 0 Å². The largest absolute Gasteiger partial charge is 0.376 e. The van der Waals surface area contributed by atoms with Crippen LogP contribution in [-0.4, -0.2) is 16.7 Å². The molecular formula is C8H13NO. The molecule has 1 fully saturated rings. The van der Waals surface area contributed by atoms with E-state index in [1.165, 1.54) is 0 Å². The van der Waals surface area contributed by atoms with Crippen molar-refractivity contribution >= 4 is 0 Å². The van der Waals surface area contributed by atoms with E-state index in [2.05, 4.69) is 5.92 Å². The molecule has 2 nitrogen and oxygen atoms in total. The highest BCUT2D eigenvalue weighted by Crippen LogP contribution is 2.25. The second-order valence-corrected chi connectivity index (χ2v) is 2.92. The van der Waals surface area contributed by atoms with E-state index >= 15 is 0 Å². The summed E-state index contributed by atoms with van der Waals surface area (Å²) in [5.41, 5.74) is 4.62. The molecule has 0 radical (unpaired) electrons. The highest BCUT2D eigenvalue weighted by atomic mass is 16.3. The van der Waals surface area contributed by atoms with Crippen molar-refractivity contribution in [2.24, 2.45) is 5.73 Å². The van der Waals surface area contributed by atoms with Crippen LogP contribution >= 0.6 is 0 Å². The Morgan fingerprint density at radius 1 is 1.60 bits per heavy atom. The molecule has 2 heteroatoms. The molecule has 1 rings (SSSR count). The molecule has 0 amide bonds. The lowest BCUT2D eigenvalue weighted by atomic mass is 9.81. The van der Waals surface area contributed by atoms with Crippen molar-refractivity contribution in [3.05, 3.63) is 0 Å². The molecule has 0 aromatic carbocycles. The summed E-state index contributed by atoms with van der Waals surface area (Å²) in [4.78, 5) is 0. The quantitative estimate of drug-likeness (QED) is 0.473. The molecule has 0 aromatic rings. The fourth-order valence-electron chi connectivity index (χ4n) is 1.36. The molecule has 1 aliphatic rings. The average molecular weight is 139 g/mol. The van der Waals surface area contributed by atoms with Crippen molar-refractivity contribution in [3.8, 4) is 12.3 Å². The van der Waals surface area contributed by atoms with Crippen LogP contribution in [0.1, 0.15) is 25.7 Å². The van der Waals surface area contributed by atoms with Crippen molar-refractivity contribution in [2.45, 2.75) is 37.3 Å². The molecule has 2 atom stereocenters. The third-order valence-corrected chi connectivity index (χ3v) is 2.19. The normalized spacial score (nSPS) is 40.7. The van der Waals surface area contributed by atoms with Gasteiger partial charge in [0, 0.05) is 6.04 Å². The topological polar surface area (TPSA) is 46.2 Å². The smallest absolute Gasteiger partial charge is 0.140 e. The van der Waals surface area contributed by atoms with E-state index in [-0.39, 0.29) is 6.04 Å². The van der Waals surface area contributed by atoms with Crippen molar-refractivity contribution in [2.75, 3.05) is 0 Å². The molecule has 0 spiro atoms. The molecule has 0 heterocycles. The van der Waals surface area contributed by atoms with Crippen molar-refractivity contribution < 1.29 is 5.11 Å². The standard InChI is InChI=1S/C8H13NO/c1-2-8(10)6-4-3-5-7(8)9/h1,7,10H,3-6,9H2. The number of nitrogens with two attached hydrogens (primary N) is 1. The van der Waals surface area contributed by atoms with Crippen LogP contribution in [0.15, 0.2) is 0 Å². The Morgan fingerprint density at radius 3 is 2.70 bits per heavy atom. The molecular weight excluding hydrogens is 126 g/mol. The minimum absolute atomic E-state index is 0.216. The molecule has 1 aliphatic carbocycles. The Kier molecular flexibility index (Phi) is 1.98. The van der Waals surface area contributed by atoms with Crippen LogP contribution in [-0.2, 0) is 0 Å². The summed E-state index contributed by atoms with van der Waals surface area (Å²) in [7, 11) is 0. The van der Waals surface area contributed by atoms with E-state index in [1.807, 2.05) is 0 Å². The predicted octanol–water partition coefficient (Wildman–Crippen LogP) is 0.252. The SMILES string of the molecule is C#CC1(O)CCCCC1N. The lowest BCUT2D eigenvalue weighted by molar-refractivity contribution is 0.0410. The van der Waals surface area contributed by atoms with Crippen LogP contribution in [0.5, 0.6) is 0 Å². The van der Waals surface area contributed by atoms with Gasteiger partial charge in [0.1, 0.15) is 5.60 Å². The Morgan fingerprint density at radius 2 is 2.30 bits per heavy atom. The van der Waals surface area contributed by atoms with E-state index in [0.29, 0.717) is 6.42 Å². The van der Waals surface area contributed by atoms with Gasteiger partial charge in [0.15, 0.2) is 0 Å². The third-order valence-electron chi connectivity index (χ3n) is 2.19. The highest BCUT2D eigenvalue weighted by molar-refractivity contribution is 5.13. The summed E-state index contributed by atoms with van der Waals surface area (Å²) in [6.07, 6.45) is 8.74. The number of aliphatic hydroxyl groups is 1. The molecule has 0 aromatic heterocycles. The Balaban J connectivity index is 2.65. The molecule has 0 bridgehead atoms. The Bertz CT molecular complexity index is 161. The number of terminal acetylenes is 1. The van der Waals surface area contributed by atoms with E-state index in [0.717, 1.165) is 19.3 Å². The van der Waals surface area contributed by atoms with E-state index in [1.54, 1.807) is 0 Å². The van der Waals surface area contributed by atoms with Crippen LogP contribution in [0.3, 0.4) is 0 Å². The summed E-state index contributed by atoms with van der Waals surface area (Å²) in [5, 5.41) is 9.59. The molecule has 0 aliphatic heterocycles.